The van der Waals surface area contributed by atoms with Gasteiger partial charge in [0.1, 0.15) is 6.04 Å². The number of H-pyrrole nitrogens is 1. The summed E-state index contributed by atoms with van der Waals surface area (Å²) in [5.41, 5.74) is 9.29. The summed E-state index contributed by atoms with van der Waals surface area (Å²) in [6.45, 7) is 0. The molecule has 0 unspecified atom stereocenters. The van der Waals surface area contributed by atoms with E-state index in [9.17, 15) is 9.59 Å². The minimum absolute atomic E-state index is 0.254. The molecule has 0 aliphatic carbocycles. The largest absolute Gasteiger partial charge is 0.368 e. The number of rotatable bonds is 7. The Morgan fingerprint density at radius 3 is 2.00 bits per heavy atom. The molecule has 0 saturated carbocycles. The molecular weight excluding hydrogens is 374 g/mol. The zero-order valence-electron chi connectivity index (χ0n) is 16.4. The third kappa shape index (κ3) is 4.10. The number of amides is 2. The van der Waals surface area contributed by atoms with E-state index in [-0.39, 0.29) is 5.91 Å². The monoisotopic (exact) mass is 397 g/mol. The summed E-state index contributed by atoms with van der Waals surface area (Å²) in [5.74, 6) is -1.35. The van der Waals surface area contributed by atoms with Crippen molar-refractivity contribution in [2.24, 2.45) is 5.73 Å². The van der Waals surface area contributed by atoms with Gasteiger partial charge in [0, 0.05) is 23.5 Å². The third-order valence-electron chi connectivity index (χ3n) is 5.29. The van der Waals surface area contributed by atoms with Crippen LogP contribution in [0.25, 0.3) is 10.9 Å². The van der Waals surface area contributed by atoms with E-state index in [4.69, 9.17) is 5.73 Å². The number of hydrogen-bond donors (Lipinski definition) is 3. The Hall–Kier alpha value is -3.86. The van der Waals surface area contributed by atoms with Gasteiger partial charge in [0.15, 0.2) is 0 Å². The molecule has 0 fully saturated rings. The van der Waals surface area contributed by atoms with Gasteiger partial charge in [-0.1, -0.05) is 78.9 Å². The summed E-state index contributed by atoms with van der Waals surface area (Å²) in [4.78, 5) is 28.7. The van der Waals surface area contributed by atoms with Crippen molar-refractivity contribution >= 4 is 22.7 Å². The fraction of sp³-hybridized carbons (Fsp3) is 0.120. The normalized spacial score (nSPS) is 12.0. The lowest BCUT2D eigenvalue weighted by Crippen LogP contribution is -2.47. The molecule has 1 atom stereocenters. The van der Waals surface area contributed by atoms with Crippen molar-refractivity contribution in [3.8, 4) is 0 Å². The number of benzene rings is 3. The molecule has 0 spiro atoms. The van der Waals surface area contributed by atoms with Crippen molar-refractivity contribution in [1.82, 2.24) is 10.3 Å². The zero-order valence-corrected chi connectivity index (χ0v) is 16.4. The highest BCUT2D eigenvalue weighted by Crippen LogP contribution is 2.25. The van der Waals surface area contributed by atoms with E-state index < -0.39 is 17.9 Å². The van der Waals surface area contributed by atoms with Crippen LogP contribution in [0.1, 0.15) is 22.6 Å². The van der Waals surface area contributed by atoms with Crippen LogP contribution in [0.4, 0.5) is 0 Å². The number of hydrogen-bond acceptors (Lipinski definition) is 2. The molecule has 0 radical (unpaired) electrons. The lowest BCUT2D eigenvalue weighted by molar-refractivity contribution is -0.127. The first-order valence-corrected chi connectivity index (χ1v) is 9.88. The molecule has 4 rings (SSSR count). The van der Waals surface area contributed by atoms with Crippen LogP contribution in [0.2, 0.25) is 0 Å². The van der Waals surface area contributed by atoms with Gasteiger partial charge in [0.2, 0.25) is 11.8 Å². The lowest BCUT2D eigenvalue weighted by Gasteiger charge is -2.22. The third-order valence-corrected chi connectivity index (χ3v) is 5.29. The fourth-order valence-corrected chi connectivity index (χ4v) is 3.78. The molecule has 5 nitrogen and oxygen atoms in total. The molecule has 5 heteroatoms. The lowest BCUT2D eigenvalue weighted by atomic mass is 9.90. The van der Waals surface area contributed by atoms with E-state index in [1.165, 1.54) is 0 Å². The number of primary amides is 1. The molecule has 0 bridgehead atoms. The second kappa shape index (κ2) is 8.66. The van der Waals surface area contributed by atoms with Gasteiger partial charge in [-0.15, -0.1) is 0 Å². The number of carbonyl (C=O) groups excluding carboxylic acids is 2. The number of aromatic nitrogens is 1. The summed E-state index contributed by atoms with van der Waals surface area (Å²) >= 11 is 0. The van der Waals surface area contributed by atoms with Crippen LogP contribution in [0.5, 0.6) is 0 Å². The van der Waals surface area contributed by atoms with E-state index in [2.05, 4.69) is 10.3 Å². The first-order valence-electron chi connectivity index (χ1n) is 9.88. The standard InChI is InChI=1S/C25H23N3O2/c26-24(29)22(15-19-16-27-21-14-8-7-13-20(19)21)28-25(30)23(17-9-3-1-4-10-17)18-11-5-2-6-12-18/h1-14,16,22-23,27H,15H2,(H2,26,29)(H,28,30)/t22-/m1/s1. The molecule has 1 aromatic heterocycles. The Bertz CT molecular complexity index is 1110. The van der Waals surface area contributed by atoms with Gasteiger partial charge in [-0.25, -0.2) is 0 Å². The van der Waals surface area contributed by atoms with E-state index >= 15 is 0 Å². The Morgan fingerprint density at radius 1 is 0.833 bits per heavy atom. The van der Waals surface area contributed by atoms with Crippen LogP contribution in [0.15, 0.2) is 91.1 Å². The average molecular weight is 397 g/mol. The van der Waals surface area contributed by atoms with Crippen molar-refractivity contribution < 1.29 is 9.59 Å². The minimum Gasteiger partial charge on any atom is -0.368 e. The number of carbonyl (C=O) groups is 2. The summed E-state index contributed by atoms with van der Waals surface area (Å²) in [6, 6.07) is 26.1. The van der Waals surface area contributed by atoms with Gasteiger partial charge < -0.3 is 16.0 Å². The summed E-state index contributed by atoms with van der Waals surface area (Å²) in [6.07, 6.45) is 2.18. The Labute approximate surface area is 174 Å². The van der Waals surface area contributed by atoms with Crippen molar-refractivity contribution in [3.63, 3.8) is 0 Å². The molecule has 150 valence electrons. The maximum absolute atomic E-state index is 13.3. The topological polar surface area (TPSA) is 88.0 Å². The van der Waals surface area contributed by atoms with E-state index in [1.807, 2.05) is 91.1 Å². The average Bonchev–Trinajstić information content (AvgIpc) is 3.18. The minimum atomic E-state index is -0.813. The predicted molar refractivity (Wildman–Crippen MR) is 118 cm³/mol. The van der Waals surface area contributed by atoms with Crippen molar-refractivity contribution in [3.05, 3.63) is 108 Å². The van der Waals surface area contributed by atoms with Gasteiger partial charge in [-0.05, 0) is 22.8 Å². The highest BCUT2D eigenvalue weighted by molar-refractivity contribution is 5.92. The smallest absolute Gasteiger partial charge is 0.240 e. The van der Waals surface area contributed by atoms with Crippen LogP contribution in [-0.2, 0) is 16.0 Å². The van der Waals surface area contributed by atoms with Crippen LogP contribution in [0, 0.1) is 0 Å². The summed E-state index contributed by atoms with van der Waals surface area (Å²) in [7, 11) is 0. The maximum Gasteiger partial charge on any atom is 0.240 e. The van der Waals surface area contributed by atoms with Gasteiger partial charge in [0.05, 0.1) is 5.92 Å². The molecule has 30 heavy (non-hydrogen) atoms. The van der Waals surface area contributed by atoms with Gasteiger partial charge in [-0.2, -0.15) is 0 Å². The van der Waals surface area contributed by atoms with Crippen LogP contribution in [-0.4, -0.2) is 22.8 Å². The predicted octanol–water partition coefficient (Wildman–Crippen LogP) is 3.51. The van der Waals surface area contributed by atoms with Crippen LogP contribution in [0.3, 0.4) is 0 Å². The van der Waals surface area contributed by atoms with Gasteiger partial charge in [0.25, 0.3) is 0 Å². The summed E-state index contributed by atoms with van der Waals surface area (Å²) in [5, 5.41) is 3.90. The van der Waals surface area contributed by atoms with E-state index in [0.29, 0.717) is 6.42 Å². The number of nitrogens with one attached hydrogen (secondary N) is 2. The molecule has 2 amide bonds. The highest BCUT2D eigenvalue weighted by Gasteiger charge is 2.27. The zero-order chi connectivity index (χ0) is 20.9. The SMILES string of the molecule is NC(=O)[C@@H](Cc1c[nH]c2ccccc12)NC(=O)C(c1ccccc1)c1ccccc1. The number of nitrogens with two attached hydrogens (primary N) is 1. The van der Waals surface area contributed by atoms with Crippen molar-refractivity contribution in [1.29, 1.82) is 0 Å². The number of aromatic amines is 1. The molecular formula is C25H23N3O2. The molecule has 0 aliphatic rings. The molecule has 3 aromatic carbocycles. The number of fused-ring (bicyclic) bond motifs is 1. The first-order chi connectivity index (χ1) is 14.6. The van der Waals surface area contributed by atoms with Crippen molar-refractivity contribution in [2.75, 3.05) is 0 Å². The van der Waals surface area contributed by atoms with Crippen molar-refractivity contribution in [2.45, 2.75) is 18.4 Å². The van der Waals surface area contributed by atoms with Gasteiger partial charge >= 0.3 is 0 Å². The summed E-state index contributed by atoms with van der Waals surface area (Å²) < 4.78 is 0. The second-order valence-electron chi connectivity index (χ2n) is 7.28. The molecule has 4 aromatic rings. The highest BCUT2D eigenvalue weighted by atomic mass is 16.2. The Morgan fingerprint density at radius 2 is 1.40 bits per heavy atom. The van der Waals surface area contributed by atoms with E-state index in [0.717, 1.165) is 27.6 Å². The Kier molecular flexibility index (Phi) is 5.61. The maximum atomic E-state index is 13.3. The second-order valence-corrected chi connectivity index (χ2v) is 7.28. The number of para-hydroxylation sites is 1. The molecule has 1 heterocycles. The molecule has 0 aliphatic heterocycles. The van der Waals surface area contributed by atoms with Crippen LogP contribution >= 0.6 is 0 Å². The quantitative estimate of drug-likeness (QED) is 0.446. The first kappa shape index (κ1) is 19.5. The fourth-order valence-electron chi connectivity index (χ4n) is 3.78. The van der Waals surface area contributed by atoms with Crippen LogP contribution < -0.4 is 11.1 Å². The van der Waals surface area contributed by atoms with E-state index in [1.54, 1.807) is 0 Å². The molecule has 0 saturated heterocycles. The Balaban J connectivity index is 1.61. The van der Waals surface area contributed by atoms with Gasteiger partial charge in [-0.3, -0.25) is 9.59 Å². The molecule has 4 N–H and O–H groups in total.